The molecule has 0 spiro atoms. The Hall–Kier alpha value is 0.330. The van der Waals surface area contributed by atoms with Gasteiger partial charge in [-0.2, -0.15) is 0 Å². The van der Waals surface area contributed by atoms with E-state index in [0.717, 1.165) is 0 Å². The fraction of sp³-hybridized carbons (Fsp3) is 1.00. The zero-order valence-corrected chi connectivity index (χ0v) is 8.25. The van der Waals surface area contributed by atoms with Crippen molar-refractivity contribution in [2.24, 2.45) is 0 Å². The number of hydrogen-bond acceptors (Lipinski definition) is 2. The molecule has 0 amide bonds. The summed E-state index contributed by atoms with van der Waals surface area (Å²) in [6.07, 6.45) is 5.54. The van der Waals surface area contributed by atoms with Crippen molar-refractivity contribution in [2.45, 2.75) is 39.5 Å². The molecule has 0 aromatic heterocycles. The van der Waals surface area contributed by atoms with Gasteiger partial charge in [-0.3, -0.25) is 0 Å². The largest absolute Gasteiger partial charge is 0.308 e. The molecule has 0 aromatic carbocycles. The van der Waals surface area contributed by atoms with Gasteiger partial charge in [-0.15, -0.1) is 0 Å². The highest BCUT2D eigenvalue weighted by Crippen LogP contribution is 1.95. The molecule has 0 saturated carbocycles. The first-order valence-corrected chi connectivity index (χ1v) is 5.71. The van der Waals surface area contributed by atoms with Gasteiger partial charge in [0.15, 0.2) is 0 Å². The molecule has 0 aliphatic rings. The highest BCUT2D eigenvalue weighted by molar-refractivity contribution is 8.18. The number of hydrogen-bond donors (Lipinski definition) is 2. The average Bonchev–Trinajstić information content (AvgIpc) is 1.82. The Morgan fingerprint density at radius 2 is 1.50 bits per heavy atom. The lowest BCUT2D eigenvalue weighted by Crippen LogP contribution is -1.66. The lowest BCUT2D eigenvalue weighted by atomic mass is 10.2. The van der Waals surface area contributed by atoms with E-state index in [2.05, 4.69) is 25.0 Å². The van der Waals surface area contributed by atoms with Crippen LogP contribution in [0, 0.1) is 0 Å². The standard InChI is InChI=1S/C6H14.H2O2S2/c1-3-5-6-4-2;1-4(2)3/h3-6H2,1-2H3;4H,(H,1,2,3). The maximum atomic E-state index is 8.96. The number of rotatable bonds is 3. The maximum Gasteiger partial charge on any atom is 0.130 e. The molecule has 0 rings (SSSR count). The molecular formula is C6H16O2S2. The highest BCUT2D eigenvalue weighted by atomic mass is 32.8. The number of unbranched alkanes of at least 4 members (excludes halogenated alkanes) is 3. The van der Waals surface area contributed by atoms with Gasteiger partial charge in [0.1, 0.15) is 9.64 Å². The Labute approximate surface area is 69.6 Å². The molecule has 1 atom stereocenters. The van der Waals surface area contributed by atoms with E-state index >= 15 is 0 Å². The first kappa shape index (κ1) is 13.0. The Kier molecular flexibility index (Phi) is 15.6. The van der Waals surface area contributed by atoms with E-state index in [0.29, 0.717) is 0 Å². The summed E-state index contributed by atoms with van der Waals surface area (Å²) >= 11 is 3.69. The second-order valence-corrected chi connectivity index (χ2v) is 3.36. The van der Waals surface area contributed by atoms with Gasteiger partial charge in [0.05, 0.1) is 0 Å². The third-order valence-corrected chi connectivity index (χ3v) is 0.957. The summed E-state index contributed by atoms with van der Waals surface area (Å²) < 4.78 is 16.3. The molecule has 0 heterocycles. The Balaban J connectivity index is 0. The van der Waals surface area contributed by atoms with Crippen molar-refractivity contribution in [2.75, 3.05) is 0 Å². The van der Waals surface area contributed by atoms with Crippen molar-refractivity contribution in [3.05, 3.63) is 0 Å². The van der Waals surface area contributed by atoms with Crippen molar-refractivity contribution in [1.29, 1.82) is 0 Å². The first-order valence-electron chi connectivity index (χ1n) is 3.48. The molecule has 2 nitrogen and oxygen atoms in total. The van der Waals surface area contributed by atoms with Crippen LogP contribution in [0.15, 0.2) is 0 Å². The minimum atomic E-state index is -2.29. The molecule has 64 valence electrons. The molecule has 1 N–H and O–H groups in total. The lowest BCUT2D eigenvalue weighted by molar-refractivity contribution is 0.583. The van der Waals surface area contributed by atoms with E-state index in [1.165, 1.54) is 25.7 Å². The van der Waals surface area contributed by atoms with Gasteiger partial charge in [0.2, 0.25) is 0 Å². The van der Waals surface area contributed by atoms with E-state index < -0.39 is 9.64 Å². The van der Waals surface area contributed by atoms with E-state index in [-0.39, 0.29) is 0 Å². The molecule has 0 bridgehead atoms. The van der Waals surface area contributed by atoms with Gasteiger partial charge in [0, 0.05) is 11.2 Å². The van der Waals surface area contributed by atoms with E-state index in [1.807, 2.05) is 0 Å². The van der Waals surface area contributed by atoms with Crippen molar-refractivity contribution in [1.82, 2.24) is 0 Å². The fourth-order valence-corrected chi connectivity index (χ4v) is 0.500. The monoisotopic (exact) mass is 184 g/mol. The summed E-state index contributed by atoms with van der Waals surface area (Å²) in [5, 5.41) is 0. The SMILES string of the molecule is CCCCCC.O=[SH](O)=S. The molecule has 0 saturated heterocycles. The zero-order chi connectivity index (χ0) is 8.41. The van der Waals surface area contributed by atoms with Gasteiger partial charge in [-0.05, 0) is 0 Å². The van der Waals surface area contributed by atoms with Crippen molar-refractivity contribution in [3.8, 4) is 0 Å². The van der Waals surface area contributed by atoms with E-state index in [1.54, 1.807) is 0 Å². The molecule has 0 fully saturated rings. The lowest BCUT2D eigenvalue weighted by Gasteiger charge is -1.86. The van der Waals surface area contributed by atoms with Gasteiger partial charge in [-0.25, -0.2) is 4.21 Å². The summed E-state index contributed by atoms with van der Waals surface area (Å²) in [5.74, 6) is 0. The van der Waals surface area contributed by atoms with Gasteiger partial charge in [-0.1, -0.05) is 39.5 Å². The number of thiol groups is 1. The van der Waals surface area contributed by atoms with Crippen LogP contribution in [0.1, 0.15) is 39.5 Å². The summed E-state index contributed by atoms with van der Waals surface area (Å²) in [6.45, 7) is 4.46. The summed E-state index contributed by atoms with van der Waals surface area (Å²) in [5.41, 5.74) is 0. The van der Waals surface area contributed by atoms with Crippen LogP contribution in [0.4, 0.5) is 0 Å². The van der Waals surface area contributed by atoms with Crippen LogP contribution in [-0.4, -0.2) is 8.76 Å². The second kappa shape index (κ2) is 12.0. The fourth-order valence-electron chi connectivity index (χ4n) is 0.500. The summed E-state index contributed by atoms with van der Waals surface area (Å²) in [6, 6.07) is 0. The Morgan fingerprint density at radius 1 is 1.30 bits per heavy atom. The minimum absolute atomic E-state index is 1.36. The smallest absolute Gasteiger partial charge is 0.130 e. The molecule has 0 aromatic rings. The van der Waals surface area contributed by atoms with Gasteiger partial charge >= 0.3 is 0 Å². The minimum Gasteiger partial charge on any atom is -0.308 e. The van der Waals surface area contributed by atoms with Gasteiger partial charge < -0.3 is 4.55 Å². The first-order chi connectivity index (χ1) is 4.65. The molecule has 0 aliphatic heterocycles. The Bertz CT molecular complexity index is 98.3. The zero-order valence-electron chi connectivity index (χ0n) is 6.54. The normalized spacial score (nSPS) is 11.5. The molecule has 4 heteroatoms. The predicted octanol–water partition coefficient (Wildman–Crippen LogP) is 1.99. The third-order valence-electron chi connectivity index (χ3n) is 0.957. The van der Waals surface area contributed by atoms with Crippen LogP contribution in [0.3, 0.4) is 0 Å². The molecule has 10 heavy (non-hydrogen) atoms. The van der Waals surface area contributed by atoms with Crippen LogP contribution in [0.5, 0.6) is 0 Å². The predicted molar refractivity (Wildman–Crippen MR) is 49.3 cm³/mol. The van der Waals surface area contributed by atoms with Crippen molar-refractivity contribution < 1.29 is 8.76 Å². The summed E-state index contributed by atoms with van der Waals surface area (Å²) in [7, 11) is -2.29. The maximum absolute atomic E-state index is 8.96. The van der Waals surface area contributed by atoms with Crippen LogP contribution >= 0.6 is 0 Å². The Morgan fingerprint density at radius 3 is 1.60 bits per heavy atom. The topological polar surface area (TPSA) is 37.3 Å². The van der Waals surface area contributed by atoms with Crippen LogP contribution in [-0.2, 0) is 20.8 Å². The van der Waals surface area contributed by atoms with Crippen molar-refractivity contribution >= 4 is 20.8 Å². The van der Waals surface area contributed by atoms with Crippen LogP contribution in [0.25, 0.3) is 0 Å². The van der Waals surface area contributed by atoms with Crippen LogP contribution < -0.4 is 0 Å². The molecular weight excluding hydrogens is 168 g/mol. The highest BCUT2D eigenvalue weighted by Gasteiger charge is 1.75. The molecule has 1 unspecified atom stereocenters. The van der Waals surface area contributed by atoms with Gasteiger partial charge in [0.25, 0.3) is 0 Å². The third kappa shape index (κ3) is 40.4. The van der Waals surface area contributed by atoms with E-state index in [9.17, 15) is 0 Å². The van der Waals surface area contributed by atoms with Crippen LogP contribution in [0.2, 0.25) is 0 Å². The van der Waals surface area contributed by atoms with E-state index in [4.69, 9.17) is 8.76 Å². The summed E-state index contributed by atoms with van der Waals surface area (Å²) in [4.78, 5) is 0. The second-order valence-electron chi connectivity index (χ2n) is 1.94. The molecule has 0 radical (unpaired) electrons. The average molecular weight is 184 g/mol. The van der Waals surface area contributed by atoms with Crippen molar-refractivity contribution in [3.63, 3.8) is 0 Å². The quantitative estimate of drug-likeness (QED) is 0.520. The molecule has 0 aliphatic carbocycles.